The van der Waals surface area contributed by atoms with E-state index in [4.69, 9.17) is 5.73 Å². The zero-order valence-electron chi connectivity index (χ0n) is 6.33. The Balaban J connectivity index is 0.000000720. The van der Waals surface area contributed by atoms with E-state index >= 15 is 0 Å². The number of rotatable bonds is 0. The van der Waals surface area contributed by atoms with Crippen LogP contribution in [-0.4, -0.2) is 5.91 Å². The molecule has 1 amide bonds. The fourth-order valence-corrected chi connectivity index (χ4v) is 1.25. The van der Waals surface area contributed by atoms with Crippen LogP contribution in [0.5, 0.6) is 0 Å². The van der Waals surface area contributed by atoms with Crippen molar-refractivity contribution in [2.45, 2.75) is 6.42 Å². The van der Waals surface area contributed by atoms with Crippen LogP contribution in [0.15, 0.2) is 18.2 Å². The Morgan fingerprint density at radius 3 is 2.92 bits per heavy atom. The maximum absolute atomic E-state index is 10.9. The first-order valence-electron chi connectivity index (χ1n) is 3.44. The van der Waals surface area contributed by atoms with Gasteiger partial charge in [-0.3, -0.25) is 4.79 Å². The summed E-state index contributed by atoms with van der Waals surface area (Å²) in [5, 5.41) is 2.73. The maximum atomic E-state index is 10.9. The fourth-order valence-electron chi connectivity index (χ4n) is 1.25. The average Bonchev–Trinajstić information content (AvgIpc) is 2.27. The molecule has 1 aliphatic heterocycles. The van der Waals surface area contributed by atoms with E-state index in [1.54, 1.807) is 6.07 Å². The lowest BCUT2D eigenvalue weighted by Crippen LogP contribution is -2.03. The second kappa shape index (κ2) is 3.03. The molecule has 12 heavy (non-hydrogen) atoms. The molecule has 0 radical (unpaired) electrons. The molecule has 0 spiro atoms. The number of nitrogens with one attached hydrogen (secondary N) is 1. The Bertz CT molecular complexity index is 325. The minimum absolute atomic E-state index is 0. The van der Waals surface area contributed by atoms with Gasteiger partial charge in [0.1, 0.15) is 0 Å². The molecular weight excluding hydrogens is 176 g/mol. The van der Waals surface area contributed by atoms with Crippen LogP contribution in [0, 0.1) is 0 Å². The van der Waals surface area contributed by atoms with E-state index < -0.39 is 0 Å². The van der Waals surface area contributed by atoms with E-state index in [0.29, 0.717) is 12.1 Å². The van der Waals surface area contributed by atoms with Gasteiger partial charge in [0.15, 0.2) is 0 Å². The number of halogens is 1. The summed E-state index contributed by atoms with van der Waals surface area (Å²) in [5.74, 6) is 0.0469. The molecule has 0 unspecified atom stereocenters. The van der Waals surface area contributed by atoms with E-state index in [2.05, 4.69) is 5.32 Å². The minimum atomic E-state index is 0. The molecule has 0 saturated heterocycles. The molecule has 1 aromatic carbocycles. The number of anilines is 2. The molecule has 64 valence electrons. The SMILES string of the molecule is Cl.Nc1ccc2c(c1)CC(=O)N2. The van der Waals surface area contributed by atoms with E-state index in [9.17, 15) is 4.79 Å². The molecule has 0 aliphatic carbocycles. The van der Waals surface area contributed by atoms with Crippen LogP contribution < -0.4 is 11.1 Å². The van der Waals surface area contributed by atoms with Crippen molar-refractivity contribution in [1.82, 2.24) is 0 Å². The Labute approximate surface area is 76.4 Å². The highest BCUT2D eigenvalue weighted by atomic mass is 35.5. The van der Waals surface area contributed by atoms with Gasteiger partial charge in [0, 0.05) is 11.4 Å². The summed E-state index contributed by atoms with van der Waals surface area (Å²) >= 11 is 0. The fraction of sp³-hybridized carbons (Fsp3) is 0.125. The topological polar surface area (TPSA) is 55.1 Å². The van der Waals surface area contributed by atoms with Gasteiger partial charge >= 0.3 is 0 Å². The highest BCUT2D eigenvalue weighted by Gasteiger charge is 2.16. The Morgan fingerprint density at radius 1 is 1.42 bits per heavy atom. The molecule has 4 heteroatoms. The lowest BCUT2D eigenvalue weighted by atomic mass is 10.1. The second-order valence-corrected chi connectivity index (χ2v) is 2.64. The van der Waals surface area contributed by atoms with Gasteiger partial charge in [-0.15, -0.1) is 12.4 Å². The second-order valence-electron chi connectivity index (χ2n) is 2.64. The zero-order valence-corrected chi connectivity index (χ0v) is 7.15. The van der Waals surface area contributed by atoms with Crippen molar-refractivity contribution in [1.29, 1.82) is 0 Å². The predicted molar refractivity (Wildman–Crippen MR) is 50.4 cm³/mol. The summed E-state index contributed by atoms with van der Waals surface area (Å²) in [5.41, 5.74) is 8.13. The molecule has 0 atom stereocenters. The molecule has 3 N–H and O–H groups in total. The summed E-state index contributed by atoms with van der Waals surface area (Å²) in [6, 6.07) is 5.44. The number of hydrogen-bond donors (Lipinski definition) is 2. The van der Waals surface area contributed by atoms with E-state index in [1.165, 1.54) is 0 Å². The van der Waals surface area contributed by atoms with Gasteiger partial charge in [0.25, 0.3) is 0 Å². The van der Waals surface area contributed by atoms with Crippen molar-refractivity contribution in [3.8, 4) is 0 Å². The number of fused-ring (bicyclic) bond motifs is 1. The number of hydrogen-bond acceptors (Lipinski definition) is 2. The Morgan fingerprint density at radius 2 is 2.17 bits per heavy atom. The van der Waals surface area contributed by atoms with Crippen LogP contribution in [0.3, 0.4) is 0 Å². The van der Waals surface area contributed by atoms with Crippen LogP contribution in [0.4, 0.5) is 11.4 Å². The number of nitrogen functional groups attached to an aromatic ring is 1. The third-order valence-corrected chi connectivity index (χ3v) is 1.75. The third-order valence-electron chi connectivity index (χ3n) is 1.75. The highest BCUT2D eigenvalue weighted by molar-refractivity contribution is 5.99. The van der Waals surface area contributed by atoms with Crippen molar-refractivity contribution < 1.29 is 4.79 Å². The predicted octanol–water partition coefficient (Wildman–Crippen LogP) is 1.19. The molecule has 0 fully saturated rings. The first kappa shape index (κ1) is 8.87. The number of carbonyl (C=O) groups excluding carboxylic acids is 1. The van der Waals surface area contributed by atoms with Crippen molar-refractivity contribution in [2.75, 3.05) is 11.1 Å². The Kier molecular flexibility index (Phi) is 2.24. The van der Waals surface area contributed by atoms with Gasteiger partial charge in [0.2, 0.25) is 5.91 Å². The van der Waals surface area contributed by atoms with Crippen LogP contribution >= 0.6 is 12.4 Å². The van der Waals surface area contributed by atoms with E-state index in [0.717, 1.165) is 11.3 Å². The summed E-state index contributed by atoms with van der Waals surface area (Å²) in [7, 11) is 0. The summed E-state index contributed by atoms with van der Waals surface area (Å²) < 4.78 is 0. The summed E-state index contributed by atoms with van der Waals surface area (Å²) in [6.07, 6.45) is 0.459. The van der Waals surface area contributed by atoms with E-state index in [-0.39, 0.29) is 18.3 Å². The van der Waals surface area contributed by atoms with Crippen molar-refractivity contribution in [3.05, 3.63) is 23.8 Å². The number of benzene rings is 1. The first-order chi connectivity index (χ1) is 5.25. The maximum Gasteiger partial charge on any atom is 0.228 e. The molecule has 2 rings (SSSR count). The molecule has 0 aromatic heterocycles. The molecule has 3 nitrogen and oxygen atoms in total. The van der Waals surface area contributed by atoms with Gasteiger partial charge in [-0.1, -0.05) is 0 Å². The molecule has 0 saturated carbocycles. The average molecular weight is 185 g/mol. The molecule has 0 bridgehead atoms. The normalized spacial score (nSPS) is 13.2. The van der Waals surface area contributed by atoms with E-state index in [1.807, 2.05) is 12.1 Å². The molecule has 1 aromatic rings. The summed E-state index contributed by atoms with van der Waals surface area (Å²) in [6.45, 7) is 0. The van der Waals surface area contributed by atoms with Crippen LogP contribution in [0.25, 0.3) is 0 Å². The van der Waals surface area contributed by atoms with Crippen LogP contribution in [-0.2, 0) is 11.2 Å². The summed E-state index contributed by atoms with van der Waals surface area (Å²) in [4.78, 5) is 10.9. The highest BCUT2D eigenvalue weighted by Crippen LogP contribution is 2.24. The molecule has 1 aliphatic rings. The van der Waals surface area contributed by atoms with Gasteiger partial charge in [0.05, 0.1) is 6.42 Å². The third kappa shape index (κ3) is 1.36. The van der Waals surface area contributed by atoms with Crippen LogP contribution in [0.1, 0.15) is 5.56 Å². The van der Waals surface area contributed by atoms with Crippen molar-refractivity contribution in [2.24, 2.45) is 0 Å². The van der Waals surface area contributed by atoms with Crippen molar-refractivity contribution in [3.63, 3.8) is 0 Å². The number of carbonyl (C=O) groups is 1. The smallest absolute Gasteiger partial charge is 0.228 e. The van der Waals surface area contributed by atoms with Crippen LogP contribution in [0.2, 0.25) is 0 Å². The lowest BCUT2D eigenvalue weighted by Gasteiger charge is -1.97. The minimum Gasteiger partial charge on any atom is -0.399 e. The zero-order chi connectivity index (χ0) is 7.84. The molecular formula is C8H9ClN2O. The van der Waals surface area contributed by atoms with Crippen molar-refractivity contribution >= 4 is 29.7 Å². The largest absolute Gasteiger partial charge is 0.399 e. The standard InChI is InChI=1S/C8H8N2O.ClH/c9-6-1-2-7-5(3-6)4-8(11)10-7;/h1-3H,4,9H2,(H,10,11);1H. The van der Waals surface area contributed by atoms with Gasteiger partial charge in [-0.05, 0) is 23.8 Å². The van der Waals surface area contributed by atoms with Gasteiger partial charge in [-0.25, -0.2) is 0 Å². The lowest BCUT2D eigenvalue weighted by molar-refractivity contribution is -0.115. The Hall–Kier alpha value is -1.22. The quantitative estimate of drug-likeness (QED) is 0.595. The first-order valence-corrected chi connectivity index (χ1v) is 3.44. The monoisotopic (exact) mass is 184 g/mol. The van der Waals surface area contributed by atoms with Gasteiger partial charge < -0.3 is 11.1 Å². The van der Waals surface area contributed by atoms with Gasteiger partial charge in [-0.2, -0.15) is 0 Å². The number of nitrogens with two attached hydrogens (primary N) is 1. The molecule has 1 heterocycles. The number of amides is 1.